The number of phenolic OH excluding ortho intramolecular Hbond substituents is 1. The molecular weight excluding hydrogens is 270 g/mol. The molecule has 7 N–H and O–H groups in total. The Morgan fingerprint density at radius 2 is 1.90 bits per heavy atom. The number of carboxylic acid groups (broad SMARTS) is 2. The lowest BCUT2D eigenvalue weighted by molar-refractivity contribution is -0.138. The third-order valence-electron chi connectivity index (χ3n) is 2.29. The molecule has 0 saturated heterocycles. The first-order valence-electron chi connectivity index (χ1n) is 5.41. The molecule has 0 aromatic heterocycles. The Morgan fingerprint density at radius 3 is 2.45 bits per heavy atom. The largest absolute Gasteiger partial charge is 0.506 e. The lowest BCUT2D eigenvalue weighted by Gasteiger charge is -2.11. The molecule has 0 unspecified atom stereocenters. The Labute approximate surface area is 113 Å². The predicted molar refractivity (Wildman–Crippen MR) is 67.7 cm³/mol. The van der Waals surface area contributed by atoms with Crippen LogP contribution in [0.25, 0.3) is 0 Å². The zero-order chi connectivity index (χ0) is 15.3. The third kappa shape index (κ3) is 4.14. The van der Waals surface area contributed by atoms with Gasteiger partial charge in [-0.1, -0.05) is 0 Å². The van der Waals surface area contributed by atoms with Crippen molar-refractivity contribution in [3.63, 3.8) is 0 Å². The highest BCUT2D eigenvalue weighted by Gasteiger charge is 2.14. The summed E-state index contributed by atoms with van der Waals surface area (Å²) in [5.41, 5.74) is 4.94. The van der Waals surface area contributed by atoms with Gasteiger partial charge < -0.3 is 31.7 Å². The maximum Gasteiger partial charge on any atom is 0.335 e. The highest BCUT2D eigenvalue weighted by molar-refractivity contribution is 5.94. The van der Waals surface area contributed by atoms with Crippen molar-refractivity contribution in [2.75, 3.05) is 11.9 Å². The SMILES string of the molecule is N[C@@H](CNC(=O)Nc1cc(C(=O)O)ccc1O)C(=O)O. The fourth-order valence-electron chi connectivity index (χ4n) is 1.23. The molecule has 1 rings (SSSR count). The van der Waals surface area contributed by atoms with Gasteiger partial charge >= 0.3 is 18.0 Å². The van der Waals surface area contributed by atoms with Crippen molar-refractivity contribution >= 4 is 23.7 Å². The van der Waals surface area contributed by atoms with Crippen molar-refractivity contribution in [1.29, 1.82) is 0 Å². The van der Waals surface area contributed by atoms with E-state index in [1.165, 1.54) is 6.07 Å². The number of nitrogens with one attached hydrogen (secondary N) is 2. The van der Waals surface area contributed by atoms with Crippen LogP contribution >= 0.6 is 0 Å². The molecule has 1 aromatic rings. The number of amides is 2. The summed E-state index contributed by atoms with van der Waals surface area (Å²) in [5.74, 6) is -2.82. The van der Waals surface area contributed by atoms with Gasteiger partial charge in [0.2, 0.25) is 0 Å². The molecule has 1 atom stereocenters. The van der Waals surface area contributed by atoms with E-state index in [1.54, 1.807) is 0 Å². The summed E-state index contributed by atoms with van der Waals surface area (Å²) in [6, 6.07) is 1.26. The van der Waals surface area contributed by atoms with Crippen LogP contribution in [0.15, 0.2) is 18.2 Å². The fourth-order valence-corrected chi connectivity index (χ4v) is 1.23. The Morgan fingerprint density at radius 1 is 1.25 bits per heavy atom. The number of carbonyl (C=O) groups is 3. The first-order chi connectivity index (χ1) is 9.31. The normalized spacial score (nSPS) is 11.4. The van der Waals surface area contributed by atoms with Gasteiger partial charge in [0, 0.05) is 6.54 Å². The Bertz CT molecular complexity index is 545. The second-order valence-electron chi connectivity index (χ2n) is 3.82. The van der Waals surface area contributed by atoms with E-state index < -0.39 is 24.0 Å². The number of benzene rings is 1. The summed E-state index contributed by atoms with van der Waals surface area (Å²) in [4.78, 5) is 32.6. The van der Waals surface area contributed by atoms with Gasteiger partial charge in [-0.25, -0.2) is 9.59 Å². The van der Waals surface area contributed by atoms with E-state index in [2.05, 4.69) is 10.6 Å². The third-order valence-corrected chi connectivity index (χ3v) is 2.29. The van der Waals surface area contributed by atoms with Gasteiger partial charge in [0.25, 0.3) is 0 Å². The summed E-state index contributed by atoms with van der Waals surface area (Å²) in [7, 11) is 0. The van der Waals surface area contributed by atoms with E-state index in [0.29, 0.717) is 0 Å². The molecule has 108 valence electrons. The first kappa shape index (κ1) is 15.2. The van der Waals surface area contributed by atoms with Gasteiger partial charge in [-0.3, -0.25) is 4.79 Å². The van der Waals surface area contributed by atoms with E-state index >= 15 is 0 Å². The minimum Gasteiger partial charge on any atom is -0.506 e. The summed E-state index contributed by atoms with van der Waals surface area (Å²) >= 11 is 0. The highest BCUT2D eigenvalue weighted by Crippen LogP contribution is 2.24. The quantitative estimate of drug-likeness (QED) is 0.401. The minimum absolute atomic E-state index is 0.119. The number of aromatic hydroxyl groups is 1. The summed E-state index contributed by atoms with van der Waals surface area (Å²) in [5, 5.41) is 31.1. The van der Waals surface area contributed by atoms with Crippen molar-refractivity contribution in [1.82, 2.24) is 5.32 Å². The Hall–Kier alpha value is -2.81. The molecule has 9 nitrogen and oxygen atoms in total. The number of phenols is 1. The monoisotopic (exact) mass is 283 g/mol. The van der Waals surface area contributed by atoms with E-state index in [-0.39, 0.29) is 23.5 Å². The fraction of sp³-hybridized carbons (Fsp3) is 0.182. The van der Waals surface area contributed by atoms with Crippen LogP contribution in [0.5, 0.6) is 5.75 Å². The zero-order valence-corrected chi connectivity index (χ0v) is 10.2. The zero-order valence-electron chi connectivity index (χ0n) is 10.2. The van der Waals surface area contributed by atoms with Crippen LogP contribution in [-0.4, -0.2) is 45.9 Å². The molecule has 0 spiro atoms. The van der Waals surface area contributed by atoms with Gasteiger partial charge in [-0.2, -0.15) is 0 Å². The van der Waals surface area contributed by atoms with Gasteiger partial charge in [0.15, 0.2) is 0 Å². The maximum atomic E-state index is 11.4. The number of rotatable bonds is 5. The average molecular weight is 283 g/mol. The molecule has 0 aliphatic heterocycles. The van der Waals surface area contributed by atoms with E-state index in [9.17, 15) is 19.5 Å². The maximum absolute atomic E-state index is 11.4. The predicted octanol–water partition coefficient (Wildman–Crippen LogP) is -0.376. The number of nitrogens with two attached hydrogens (primary N) is 1. The van der Waals surface area contributed by atoms with E-state index in [4.69, 9.17) is 15.9 Å². The lowest BCUT2D eigenvalue weighted by Crippen LogP contribution is -2.43. The van der Waals surface area contributed by atoms with Crippen molar-refractivity contribution in [3.8, 4) is 5.75 Å². The summed E-state index contributed by atoms with van der Waals surface area (Å²) < 4.78 is 0. The van der Waals surface area contributed by atoms with E-state index in [1.807, 2.05) is 0 Å². The minimum atomic E-state index is -1.28. The number of urea groups is 1. The van der Waals surface area contributed by atoms with Crippen LogP contribution in [0.1, 0.15) is 10.4 Å². The van der Waals surface area contributed by atoms with Gasteiger partial charge in [0.1, 0.15) is 11.8 Å². The van der Waals surface area contributed by atoms with Crippen molar-refractivity contribution in [2.24, 2.45) is 5.73 Å². The Kier molecular flexibility index (Phi) is 4.87. The number of aromatic carboxylic acids is 1. The number of carboxylic acids is 2. The first-order valence-corrected chi connectivity index (χ1v) is 5.41. The summed E-state index contributed by atoms with van der Waals surface area (Å²) in [6.45, 7) is -0.319. The summed E-state index contributed by atoms with van der Waals surface area (Å²) in [6.07, 6.45) is 0. The number of aliphatic carboxylic acids is 1. The molecule has 9 heteroatoms. The average Bonchev–Trinajstić information content (AvgIpc) is 2.38. The molecular formula is C11H13N3O6. The molecule has 0 radical (unpaired) electrons. The molecule has 2 amide bonds. The second kappa shape index (κ2) is 6.38. The highest BCUT2D eigenvalue weighted by atomic mass is 16.4. The smallest absolute Gasteiger partial charge is 0.335 e. The lowest BCUT2D eigenvalue weighted by atomic mass is 10.2. The van der Waals surface area contributed by atoms with Crippen molar-refractivity contribution < 1.29 is 29.7 Å². The molecule has 1 aromatic carbocycles. The van der Waals surface area contributed by atoms with Crippen molar-refractivity contribution in [3.05, 3.63) is 23.8 Å². The number of hydrogen-bond donors (Lipinski definition) is 6. The topological polar surface area (TPSA) is 162 Å². The molecule has 0 saturated carbocycles. The number of anilines is 1. The Balaban J connectivity index is 2.68. The van der Waals surface area contributed by atoms with Crippen LogP contribution < -0.4 is 16.4 Å². The van der Waals surface area contributed by atoms with Crippen LogP contribution in [0.3, 0.4) is 0 Å². The van der Waals surface area contributed by atoms with Crippen LogP contribution in [0, 0.1) is 0 Å². The molecule has 0 heterocycles. The standard InChI is InChI=1S/C11H13N3O6/c12-6(10(18)19)4-13-11(20)14-7-3-5(9(16)17)1-2-8(7)15/h1-3,6,15H,4,12H2,(H,16,17)(H,18,19)(H2,13,14,20)/t6-/m0/s1. The second-order valence-corrected chi connectivity index (χ2v) is 3.82. The van der Waals surface area contributed by atoms with Crippen LogP contribution in [0.4, 0.5) is 10.5 Å². The van der Waals surface area contributed by atoms with Gasteiger partial charge in [-0.15, -0.1) is 0 Å². The van der Waals surface area contributed by atoms with E-state index in [0.717, 1.165) is 12.1 Å². The molecule has 20 heavy (non-hydrogen) atoms. The van der Waals surface area contributed by atoms with Crippen LogP contribution in [-0.2, 0) is 4.79 Å². The molecule has 0 aliphatic rings. The molecule has 0 bridgehead atoms. The molecule has 0 fully saturated rings. The van der Waals surface area contributed by atoms with Crippen LogP contribution in [0.2, 0.25) is 0 Å². The molecule has 0 aliphatic carbocycles. The number of hydrogen-bond acceptors (Lipinski definition) is 5. The number of carbonyl (C=O) groups excluding carboxylic acids is 1. The van der Waals surface area contributed by atoms with Gasteiger partial charge in [-0.05, 0) is 18.2 Å². The van der Waals surface area contributed by atoms with Gasteiger partial charge in [0.05, 0.1) is 11.3 Å². The van der Waals surface area contributed by atoms with Crippen molar-refractivity contribution in [2.45, 2.75) is 6.04 Å².